The molecule has 2 saturated heterocycles. The van der Waals surface area contributed by atoms with E-state index < -0.39 is 89.2 Å². The molecule has 98 heavy (non-hydrogen) atoms. The number of carboxylic acids is 1. The van der Waals surface area contributed by atoms with Crippen LogP contribution in [-0.4, -0.2) is 66.4 Å². The second-order valence-corrected chi connectivity index (χ2v) is 26.1. The third-order valence-corrected chi connectivity index (χ3v) is 19.4. The van der Waals surface area contributed by atoms with Crippen molar-refractivity contribution in [2.75, 3.05) is 23.8 Å². The molecule has 4 fully saturated rings. The number of amides is 2. The molecule has 0 aromatic heterocycles. The second-order valence-electron chi connectivity index (χ2n) is 26.1. The number of carbonyl (C=O) groups excluding carboxylic acids is 7. The molecule has 0 radical (unpaired) electrons. The smallest absolute Gasteiger partial charge is 0.318 e. The van der Waals surface area contributed by atoms with Crippen LogP contribution >= 0.6 is 0 Å². The van der Waals surface area contributed by atoms with Crippen molar-refractivity contribution >= 4 is 65.2 Å². The zero-order valence-electron chi connectivity index (χ0n) is 55.6. The van der Waals surface area contributed by atoms with Crippen molar-refractivity contribution in [2.45, 2.75) is 116 Å². The third-order valence-electron chi connectivity index (χ3n) is 19.4. The number of aliphatic carboxylic acids is 1. The fourth-order valence-corrected chi connectivity index (χ4v) is 13.6. The minimum absolute atomic E-state index is 0.107. The zero-order valence-corrected chi connectivity index (χ0v) is 55.6. The average molecular weight is 1320 g/mol. The maximum atomic E-state index is 13.0. The highest BCUT2D eigenvalue weighted by Gasteiger charge is 2.73. The van der Waals surface area contributed by atoms with E-state index in [0.717, 1.165) is 81.1 Å². The highest BCUT2D eigenvalue weighted by atomic mass is 16.6. The molecule has 0 bridgehead atoms. The first-order valence-electron chi connectivity index (χ1n) is 34.1. The van der Waals surface area contributed by atoms with Gasteiger partial charge >= 0.3 is 29.8 Å². The number of nitrogens with one attached hydrogen (secondary N) is 2. The number of rotatable bonds is 28. The Hall–Kier alpha value is -10.5. The SMILES string of the molecule is CNC(=O)C1C(OC=O)C(C(=O)O)C1C(=O)Nc1ccc(CCCCc2ccc(-c3ccc(CCCCc4ccc(C)cc4)cc3)cc2)cc1.Nc1ccc(CCCCc2ccc(-c3ccc(CCCCc4ccc(N)cc4)cc3)cc2)cc1.O=C1OC(=O)C2C1C1C(=O)OC(=O)C21. The molecule has 506 valence electrons. The molecule has 8 aromatic carbocycles. The largest absolute Gasteiger partial charge is 0.481 e. The predicted molar refractivity (Wildman–Crippen MR) is 378 cm³/mol. The molecule has 0 spiro atoms. The lowest BCUT2D eigenvalue weighted by Gasteiger charge is -2.45. The molecule has 4 unspecified atom stereocenters. The summed E-state index contributed by atoms with van der Waals surface area (Å²) in [6.07, 6.45) is 16.6. The standard InChI is InChI=1S/C42H46N2O6.C32H36N2.C8H4O6/c1-28-11-13-29(14-12-28)7-3-4-8-30-15-21-33(22-16-30)34-23-17-31(18-24-34)9-5-6-10-32-19-25-35(26-20-32)44-41(47)36-37(40(46)43-2)39(50-27-45)38(36)42(48)49;33-31-21-13-27(14-22-31)7-3-1-5-25-9-17-29(18-10-25)30-19-11-26(12-20-30)6-2-4-8-28-15-23-32(34)24-16-28;9-5-1-2(6(10)13-5)4-3(1)7(11)14-8(4)12/h11-27,36-39H,3-10H2,1-2H3,(H,43,46)(H,44,47)(H,48,49);9-24H,1-8,33-34H2;1-4H. The van der Waals surface area contributed by atoms with Gasteiger partial charge in [-0.2, -0.15) is 0 Å². The summed E-state index contributed by atoms with van der Waals surface area (Å²) in [4.78, 5) is 92.4. The van der Waals surface area contributed by atoms with Gasteiger partial charge in [-0.25, -0.2) is 0 Å². The van der Waals surface area contributed by atoms with Crippen LogP contribution < -0.4 is 22.1 Å². The molecule has 4 atom stereocenters. The lowest BCUT2D eigenvalue weighted by atomic mass is 9.59. The van der Waals surface area contributed by atoms with Gasteiger partial charge < -0.3 is 41.4 Å². The fraction of sp³-hybridized carbons (Fsp3) is 0.317. The zero-order chi connectivity index (χ0) is 69.1. The number of aryl methyl sites for hydroxylation is 9. The molecule has 2 saturated carbocycles. The molecule has 7 N–H and O–H groups in total. The summed E-state index contributed by atoms with van der Waals surface area (Å²) in [7, 11) is 1.38. The van der Waals surface area contributed by atoms with Crippen molar-refractivity contribution in [1.29, 1.82) is 0 Å². The molecule has 16 heteroatoms. The van der Waals surface area contributed by atoms with Crippen LogP contribution in [0.2, 0.25) is 0 Å². The van der Waals surface area contributed by atoms with E-state index in [1.165, 1.54) is 112 Å². The van der Waals surface area contributed by atoms with Crippen LogP contribution in [-0.2, 0) is 104 Å². The van der Waals surface area contributed by atoms with E-state index in [4.69, 9.17) is 16.2 Å². The van der Waals surface area contributed by atoms with Gasteiger partial charge in [-0.05, 0) is 213 Å². The number of nitrogens with two attached hydrogens (primary N) is 2. The quantitative estimate of drug-likeness (QED) is 0.00763. The Morgan fingerprint density at radius 2 is 0.663 bits per heavy atom. The fourth-order valence-electron chi connectivity index (χ4n) is 13.6. The molecule has 2 heterocycles. The van der Waals surface area contributed by atoms with E-state index in [9.17, 15) is 43.5 Å². The first kappa shape index (κ1) is 70.3. The van der Waals surface area contributed by atoms with Gasteiger partial charge in [0, 0.05) is 24.1 Å². The second kappa shape index (κ2) is 34.0. The van der Waals surface area contributed by atoms with E-state index >= 15 is 0 Å². The third kappa shape index (κ3) is 18.3. The number of carboxylic acid groups (broad SMARTS) is 1. The van der Waals surface area contributed by atoms with Gasteiger partial charge in [0.05, 0.1) is 35.5 Å². The minimum Gasteiger partial charge on any atom is -0.481 e. The van der Waals surface area contributed by atoms with Gasteiger partial charge in [-0.3, -0.25) is 38.4 Å². The summed E-state index contributed by atoms with van der Waals surface area (Å²) >= 11 is 0. The summed E-state index contributed by atoms with van der Waals surface area (Å²) in [5, 5.41) is 14.8. The Bertz CT molecular complexity index is 3850. The number of esters is 4. The van der Waals surface area contributed by atoms with Crippen molar-refractivity contribution in [1.82, 2.24) is 5.32 Å². The minimum atomic E-state index is -1.31. The number of carbonyl (C=O) groups is 8. The normalized spacial score (nSPS) is 19.3. The number of fused-ring (bicyclic) bond motifs is 4. The summed E-state index contributed by atoms with van der Waals surface area (Å²) in [6.45, 7) is 2.23. The number of ether oxygens (including phenoxy) is 3. The van der Waals surface area contributed by atoms with Gasteiger partial charge in [0.2, 0.25) is 11.8 Å². The summed E-state index contributed by atoms with van der Waals surface area (Å²) in [6, 6.07) is 68.7. The highest BCUT2D eigenvalue weighted by molar-refractivity contribution is 6.10. The molecule has 2 amide bonds. The van der Waals surface area contributed by atoms with Crippen molar-refractivity contribution in [2.24, 2.45) is 41.4 Å². The monoisotopic (exact) mass is 1320 g/mol. The number of unbranched alkanes of at least 4 members (excludes halogenated alkanes) is 4. The first-order chi connectivity index (χ1) is 47.5. The Labute approximate surface area is 572 Å². The van der Waals surface area contributed by atoms with Gasteiger partial charge in [-0.15, -0.1) is 0 Å². The number of hydrogen-bond donors (Lipinski definition) is 5. The van der Waals surface area contributed by atoms with E-state index in [1.54, 1.807) is 12.1 Å². The number of anilines is 3. The van der Waals surface area contributed by atoms with Crippen LogP contribution in [0.4, 0.5) is 17.1 Å². The lowest BCUT2D eigenvalue weighted by molar-refractivity contribution is -0.187. The molecule has 16 nitrogen and oxygen atoms in total. The predicted octanol–water partition coefficient (Wildman–Crippen LogP) is 13.2. The molecule has 2 aliphatic heterocycles. The summed E-state index contributed by atoms with van der Waals surface area (Å²) < 4.78 is 13.5. The van der Waals surface area contributed by atoms with Crippen molar-refractivity contribution in [3.63, 3.8) is 0 Å². The molecular formula is C82H86N4O12. The van der Waals surface area contributed by atoms with Crippen LogP contribution in [0.25, 0.3) is 22.3 Å². The van der Waals surface area contributed by atoms with Crippen LogP contribution in [0, 0.1) is 48.3 Å². The van der Waals surface area contributed by atoms with Crippen LogP contribution in [0.15, 0.2) is 194 Å². The van der Waals surface area contributed by atoms with Crippen LogP contribution in [0.3, 0.4) is 0 Å². The number of hydrogen-bond acceptors (Lipinski definition) is 13. The Balaban J connectivity index is 0.000000184. The van der Waals surface area contributed by atoms with Crippen molar-refractivity contribution in [3.8, 4) is 22.3 Å². The Kier molecular flexibility index (Phi) is 24.4. The lowest BCUT2D eigenvalue weighted by Crippen LogP contribution is -2.64. The summed E-state index contributed by atoms with van der Waals surface area (Å²) in [5.41, 5.74) is 30.9. The maximum absolute atomic E-state index is 13.0. The van der Waals surface area contributed by atoms with E-state index in [-0.39, 0.29) is 6.47 Å². The maximum Gasteiger partial charge on any atom is 0.318 e. The van der Waals surface area contributed by atoms with E-state index in [2.05, 4.69) is 173 Å². The number of benzene rings is 8. The summed E-state index contributed by atoms with van der Waals surface area (Å²) in [5.74, 6) is -12.0. The first-order valence-corrected chi connectivity index (χ1v) is 34.1. The molecule has 12 rings (SSSR count). The molecular weight excluding hydrogens is 1230 g/mol. The van der Waals surface area contributed by atoms with E-state index in [0.29, 0.717) is 5.69 Å². The highest BCUT2D eigenvalue weighted by Crippen LogP contribution is 2.55. The Morgan fingerprint density at radius 1 is 0.398 bits per heavy atom. The van der Waals surface area contributed by atoms with Gasteiger partial charge in [0.15, 0.2) is 0 Å². The Morgan fingerprint density at radius 3 is 0.929 bits per heavy atom. The van der Waals surface area contributed by atoms with Gasteiger partial charge in [-0.1, -0.05) is 163 Å². The van der Waals surface area contributed by atoms with Gasteiger partial charge in [0.1, 0.15) is 12.0 Å². The van der Waals surface area contributed by atoms with Crippen LogP contribution in [0.1, 0.15) is 101 Å². The average Bonchev–Trinajstić information content (AvgIpc) is 1.52. The van der Waals surface area contributed by atoms with Crippen molar-refractivity contribution in [3.05, 3.63) is 244 Å². The topological polar surface area (TPSA) is 261 Å². The van der Waals surface area contributed by atoms with E-state index in [1.807, 2.05) is 36.4 Å². The van der Waals surface area contributed by atoms with Crippen LogP contribution in [0.5, 0.6) is 0 Å². The van der Waals surface area contributed by atoms with Crippen molar-refractivity contribution < 1.29 is 57.7 Å². The number of cyclic esters (lactones) is 4. The molecule has 4 aliphatic rings. The molecule has 2 aliphatic carbocycles. The number of nitrogen functional groups attached to an aromatic ring is 2. The molecule has 8 aromatic rings. The van der Waals surface area contributed by atoms with Gasteiger partial charge in [0.25, 0.3) is 6.47 Å².